The van der Waals surface area contributed by atoms with Crippen molar-refractivity contribution in [2.24, 2.45) is 0 Å². The first-order chi connectivity index (χ1) is 9.04. The molecule has 5 nitrogen and oxygen atoms in total. The molecule has 0 spiro atoms. The zero-order chi connectivity index (χ0) is 13.8. The van der Waals surface area contributed by atoms with Crippen molar-refractivity contribution in [3.63, 3.8) is 0 Å². The number of aliphatic carboxylic acids is 1. The lowest BCUT2D eigenvalue weighted by atomic mass is 10.1. The summed E-state index contributed by atoms with van der Waals surface area (Å²) in [5, 5.41) is 16.4. The highest BCUT2D eigenvalue weighted by Crippen LogP contribution is 2.11. The third kappa shape index (κ3) is 3.61. The number of carboxylic acids is 1. The van der Waals surface area contributed by atoms with Gasteiger partial charge in [0.15, 0.2) is 0 Å². The predicted octanol–water partition coefficient (Wildman–Crippen LogP) is 1.79. The topological polar surface area (TPSA) is 68.0 Å². The van der Waals surface area contributed by atoms with Crippen molar-refractivity contribution in [2.45, 2.75) is 26.3 Å². The third-order valence-electron chi connectivity index (χ3n) is 2.82. The molecule has 0 unspecified atom stereocenters. The Morgan fingerprint density at radius 3 is 3.00 bits per heavy atom. The molecule has 19 heavy (non-hydrogen) atoms. The van der Waals surface area contributed by atoms with Gasteiger partial charge >= 0.3 is 5.97 Å². The van der Waals surface area contributed by atoms with Crippen LogP contribution >= 0.6 is 0 Å². The highest BCUT2D eigenvalue weighted by Gasteiger charge is 2.06. The molecule has 0 atom stereocenters. The van der Waals surface area contributed by atoms with Gasteiger partial charge in [0.2, 0.25) is 0 Å². The summed E-state index contributed by atoms with van der Waals surface area (Å²) in [7, 11) is 0. The summed E-state index contributed by atoms with van der Waals surface area (Å²) in [5.74, 6) is -1.15. The molecule has 0 bridgehead atoms. The monoisotopic (exact) mass is 263 g/mol. The van der Waals surface area contributed by atoms with E-state index in [1.54, 1.807) is 16.9 Å². The van der Waals surface area contributed by atoms with E-state index in [0.29, 0.717) is 18.7 Å². The first kappa shape index (κ1) is 13.2. The van der Waals surface area contributed by atoms with Gasteiger partial charge in [-0.3, -0.25) is 4.79 Å². The highest BCUT2D eigenvalue weighted by molar-refractivity contribution is 5.66. The fourth-order valence-corrected chi connectivity index (χ4v) is 1.75. The fourth-order valence-electron chi connectivity index (χ4n) is 1.75. The molecule has 0 amide bonds. The Bertz CT molecular complexity index is 595. The van der Waals surface area contributed by atoms with Crippen LogP contribution in [0.1, 0.15) is 23.2 Å². The summed E-state index contributed by atoms with van der Waals surface area (Å²) < 4.78 is 14.7. The van der Waals surface area contributed by atoms with Gasteiger partial charge in [0, 0.05) is 12.6 Å². The van der Waals surface area contributed by atoms with Crippen LogP contribution in [-0.4, -0.2) is 26.1 Å². The van der Waals surface area contributed by atoms with Crippen LogP contribution in [0, 0.1) is 12.7 Å². The van der Waals surface area contributed by atoms with Gasteiger partial charge in [-0.25, -0.2) is 9.07 Å². The van der Waals surface area contributed by atoms with Gasteiger partial charge < -0.3 is 5.11 Å². The lowest BCUT2D eigenvalue weighted by Crippen LogP contribution is -2.02. The van der Waals surface area contributed by atoms with Gasteiger partial charge in [-0.2, -0.15) is 0 Å². The highest BCUT2D eigenvalue weighted by atomic mass is 19.1. The third-order valence-corrected chi connectivity index (χ3v) is 2.82. The minimum atomic E-state index is -0.865. The first-order valence-corrected chi connectivity index (χ1v) is 5.90. The lowest BCUT2D eigenvalue weighted by Gasteiger charge is -2.05. The molecule has 0 aliphatic heterocycles. The van der Waals surface area contributed by atoms with Crippen LogP contribution in [0.4, 0.5) is 4.39 Å². The van der Waals surface area contributed by atoms with Crippen LogP contribution in [0.25, 0.3) is 0 Å². The number of benzene rings is 1. The summed E-state index contributed by atoms with van der Waals surface area (Å²) in [5.41, 5.74) is 2.43. The minimum Gasteiger partial charge on any atom is -0.481 e. The Labute approximate surface area is 109 Å². The molecular weight excluding hydrogens is 249 g/mol. The van der Waals surface area contributed by atoms with Crippen molar-refractivity contribution in [1.82, 2.24) is 15.0 Å². The van der Waals surface area contributed by atoms with Gasteiger partial charge in [0.25, 0.3) is 0 Å². The molecule has 0 aliphatic rings. The Morgan fingerprint density at radius 1 is 1.47 bits per heavy atom. The van der Waals surface area contributed by atoms with Gasteiger partial charge in [-0.05, 0) is 30.2 Å². The fraction of sp³-hybridized carbons (Fsp3) is 0.308. The number of aromatic nitrogens is 3. The number of carbonyl (C=O) groups is 1. The van der Waals surface area contributed by atoms with Gasteiger partial charge in [0.1, 0.15) is 5.82 Å². The maximum Gasteiger partial charge on any atom is 0.303 e. The molecule has 0 aliphatic carbocycles. The zero-order valence-corrected chi connectivity index (χ0v) is 10.5. The van der Waals surface area contributed by atoms with Crippen LogP contribution in [0.5, 0.6) is 0 Å². The smallest absolute Gasteiger partial charge is 0.303 e. The molecule has 2 aromatic rings. The Morgan fingerprint density at radius 2 is 2.26 bits per heavy atom. The molecule has 0 fully saturated rings. The Balaban J connectivity index is 2.07. The van der Waals surface area contributed by atoms with Gasteiger partial charge in [-0.15, -0.1) is 5.10 Å². The molecular formula is C13H14FN3O2. The number of rotatable bonds is 5. The van der Waals surface area contributed by atoms with Crippen molar-refractivity contribution < 1.29 is 14.3 Å². The molecule has 1 heterocycles. The van der Waals surface area contributed by atoms with Crippen molar-refractivity contribution in [3.05, 3.63) is 47.0 Å². The largest absolute Gasteiger partial charge is 0.481 e. The van der Waals surface area contributed by atoms with E-state index in [9.17, 15) is 9.18 Å². The van der Waals surface area contributed by atoms with Crippen LogP contribution in [0.2, 0.25) is 0 Å². The van der Waals surface area contributed by atoms with Crippen molar-refractivity contribution in [2.75, 3.05) is 0 Å². The Kier molecular flexibility index (Phi) is 3.89. The molecule has 0 radical (unpaired) electrons. The standard InChI is InChI=1S/C13H14FN3O2/c1-9-2-3-11(14)6-10(9)7-17-8-12(15-16-17)4-5-13(18)19/h2-3,6,8H,4-5,7H2,1H3,(H,18,19). The summed E-state index contributed by atoms with van der Waals surface area (Å²) in [6.45, 7) is 2.32. The molecule has 1 aromatic carbocycles. The van der Waals surface area contributed by atoms with E-state index in [4.69, 9.17) is 5.11 Å². The van der Waals surface area contributed by atoms with Crippen LogP contribution in [0.3, 0.4) is 0 Å². The molecule has 0 saturated carbocycles. The first-order valence-electron chi connectivity index (χ1n) is 5.90. The molecule has 0 saturated heterocycles. The van der Waals surface area contributed by atoms with Crippen LogP contribution in [0.15, 0.2) is 24.4 Å². The quantitative estimate of drug-likeness (QED) is 0.893. The maximum absolute atomic E-state index is 13.2. The van der Waals surface area contributed by atoms with Crippen molar-refractivity contribution in [3.8, 4) is 0 Å². The second kappa shape index (κ2) is 5.60. The van der Waals surface area contributed by atoms with E-state index in [0.717, 1.165) is 11.1 Å². The summed E-state index contributed by atoms with van der Waals surface area (Å²) in [6, 6.07) is 4.60. The number of hydrogen-bond acceptors (Lipinski definition) is 3. The number of hydrogen-bond donors (Lipinski definition) is 1. The summed E-state index contributed by atoms with van der Waals surface area (Å²) in [4.78, 5) is 10.5. The lowest BCUT2D eigenvalue weighted by molar-refractivity contribution is -0.136. The molecule has 1 aromatic heterocycles. The van der Waals surface area contributed by atoms with E-state index in [1.807, 2.05) is 6.92 Å². The van der Waals surface area contributed by atoms with E-state index in [-0.39, 0.29) is 12.2 Å². The summed E-state index contributed by atoms with van der Waals surface area (Å²) in [6.07, 6.45) is 2.06. The van der Waals surface area contributed by atoms with Crippen LogP contribution in [-0.2, 0) is 17.8 Å². The molecule has 1 N–H and O–H groups in total. The second-order valence-electron chi connectivity index (χ2n) is 4.37. The van der Waals surface area contributed by atoms with Gasteiger partial charge in [0.05, 0.1) is 18.7 Å². The number of nitrogens with zero attached hydrogens (tertiary/aromatic N) is 3. The molecule has 6 heteroatoms. The van der Waals surface area contributed by atoms with E-state index < -0.39 is 5.97 Å². The zero-order valence-electron chi connectivity index (χ0n) is 10.5. The number of halogens is 1. The van der Waals surface area contributed by atoms with Gasteiger partial charge in [-0.1, -0.05) is 11.3 Å². The average Bonchev–Trinajstić information content (AvgIpc) is 2.79. The average molecular weight is 263 g/mol. The second-order valence-corrected chi connectivity index (χ2v) is 4.37. The predicted molar refractivity (Wildman–Crippen MR) is 66.2 cm³/mol. The number of carboxylic acid groups (broad SMARTS) is 1. The van der Waals surface area contributed by atoms with Crippen molar-refractivity contribution >= 4 is 5.97 Å². The van der Waals surface area contributed by atoms with E-state index in [1.165, 1.54) is 12.1 Å². The van der Waals surface area contributed by atoms with Crippen molar-refractivity contribution in [1.29, 1.82) is 0 Å². The van der Waals surface area contributed by atoms with Crippen LogP contribution < -0.4 is 0 Å². The minimum absolute atomic E-state index is 0.0255. The normalized spacial score (nSPS) is 10.6. The molecule has 2 rings (SSSR count). The maximum atomic E-state index is 13.2. The SMILES string of the molecule is Cc1ccc(F)cc1Cn1cc(CCC(=O)O)nn1. The summed E-state index contributed by atoms with van der Waals surface area (Å²) >= 11 is 0. The molecule has 100 valence electrons. The number of aryl methyl sites for hydroxylation is 2. The van der Waals surface area contributed by atoms with E-state index in [2.05, 4.69) is 10.3 Å². The Hall–Kier alpha value is -2.24. The van der Waals surface area contributed by atoms with E-state index >= 15 is 0 Å².